The molecule has 15 heavy (non-hydrogen) atoms. The zero-order valence-corrected chi connectivity index (χ0v) is 9.89. The molecule has 1 aromatic heterocycles. The van der Waals surface area contributed by atoms with E-state index in [-0.39, 0.29) is 0 Å². The first-order chi connectivity index (χ1) is 7.11. The monoisotopic (exact) mass is 244 g/mol. The molecule has 0 aliphatic carbocycles. The molecule has 5 heteroatoms. The van der Waals surface area contributed by atoms with Gasteiger partial charge in [0.2, 0.25) is 0 Å². The fourth-order valence-corrected chi connectivity index (χ4v) is 2.85. The van der Waals surface area contributed by atoms with Crippen molar-refractivity contribution in [2.45, 2.75) is 18.6 Å². The lowest BCUT2D eigenvalue weighted by Gasteiger charge is -2.45. The molecule has 82 valence electrons. The normalized spacial score (nSPS) is 19.9. The fraction of sp³-hybridized carbons (Fsp3) is 0.500. The van der Waals surface area contributed by atoms with Crippen molar-refractivity contribution in [2.75, 3.05) is 13.1 Å². The van der Waals surface area contributed by atoms with Gasteiger partial charge in [-0.05, 0) is 6.42 Å². The van der Waals surface area contributed by atoms with Gasteiger partial charge >= 0.3 is 0 Å². The summed E-state index contributed by atoms with van der Waals surface area (Å²) in [4.78, 5) is 6.33. The molecule has 2 rings (SSSR count). The molecule has 3 nitrogen and oxygen atoms in total. The van der Waals surface area contributed by atoms with E-state index in [1.807, 2.05) is 0 Å². The van der Waals surface area contributed by atoms with Gasteiger partial charge in [0.1, 0.15) is 9.34 Å². The molecule has 0 unspecified atom stereocenters. The maximum Gasteiger partial charge on any atom is 0.113 e. The van der Waals surface area contributed by atoms with Gasteiger partial charge in [0.15, 0.2) is 0 Å². The second kappa shape index (κ2) is 4.22. The van der Waals surface area contributed by atoms with E-state index in [2.05, 4.69) is 16.5 Å². The van der Waals surface area contributed by atoms with Gasteiger partial charge in [-0.15, -0.1) is 17.9 Å². The Kier molecular flexibility index (Phi) is 3.11. The predicted octanol–water partition coefficient (Wildman–Crippen LogP) is 1.92. The summed E-state index contributed by atoms with van der Waals surface area (Å²) in [5.74, 6) is 0. The van der Waals surface area contributed by atoms with Crippen LogP contribution >= 0.6 is 22.9 Å². The number of thiazole rings is 1. The molecule has 0 aromatic carbocycles. The van der Waals surface area contributed by atoms with Crippen molar-refractivity contribution in [2.24, 2.45) is 0 Å². The van der Waals surface area contributed by atoms with Crippen LogP contribution < -0.4 is 0 Å². The van der Waals surface area contributed by atoms with Crippen LogP contribution in [0.4, 0.5) is 0 Å². The van der Waals surface area contributed by atoms with E-state index >= 15 is 0 Å². The van der Waals surface area contributed by atoms with Crippen LogP contribution in [0.15, 0.2) is 18.9 Å². The highest BCUT2D eigenvalue weighted by Crippen LogP contribution is 2.28. The van der Waals surface area contributed by atoms with Crippen LogP contribution in [0.2, 0.25) is 4.34 Å². The number of likely N-dealkylation sites (tertiary alicyclic amines) is 1. The van der Waals surface area contributed by atoms with Gasteiger partial charge in [0, 0.05) is 13.1 Å². The SMILES string of the molecule is C=CCC1(O)CN(Cc2ncc(Cl)s2)C1. The highest BCUT2D eigenvalue weighted by atomic mass is 35.5. The Morgan fingerprint density at radius 3 is 3.00 bits per heavy atom. The van der Waals surface area contributed by atoms with Gasteiger partial charge in [-0.3, -0.25) is 4.90 Å². The van der Waals surface area contributed by atoms with Crippen molar-refractivity contribution >= 4 is 22.9 Å². The molecule has 0 atom stereocenters. The predicted molar refractivity (Wildman–Crippen MR) is 62.2 cm³/mol. The smallest absolute Gasteiger partial charge is 0.113 e. The molecule has 0 radical (unpaired) electrons. The van der Waals surface area contributed by atoms with E-state index in [4.69, 9.17) is 11.6 Å². The van der Waals surface area contributed by atoms with Gasteiger partial charge in [0.05, 0.1) is 18.3 Å². The van der Waals surface area contributed by atoms with Gasteiger partial charge < -0.3 is 5.11 Å². The van der Waals surface area contributed by atoms with Gasteiger partial charge in [-0.2, -0.15) is 0 Å². The lowest BCUT2D eigenvalue weighted by Crippen LogP contribution is -2.60. The maximum atomic E-state index is 9.91. The number of hydrogen-bond donors (Lipinski definition) is 1. The number of aliphatic hydroxyl groups is 1. The van der Waals surface area contributed by atoms with E-state index in [0.717, 1.165) is 11.6 Å². The molecular formula is C10H13ClN2OS. The minimum absolute atomic E-state index is 0.567. The van der Waals surface area contributed by atoms with Crippen molar-refractivity contribution in [3.8, 4) is 0 Å². The summed E-state index contributed by atoms with van der Waals surface area (Å²) < 4.78 is 0.715. The summed E-state index contributed by atoms with van der Waals surface area (Å²) in [7, 11) is 0. The van der Waals surface area contributed by atoms with E-state index < -0.39 is 5.60 Å². The van der Waals surface area contributed by atoms with Crippen LogP contribution in [-0.2, 0) is 6.54 Å². The van der Waals surface area contributed by atoms with Crippen molar-refractivity contribution in [1.82, 2.24) is 9.88 Å². The molecule has 0 bridgehead atoms. The summed E-state index contributed by atoms with van der Waals surface area (Å²) in [5, 5.41) is 10.9. The summed E-state index contributed by atoms with van der Waals surface area (Å²) in [6, 6.07) is 0. The zero-order chi connectivity index (χ0) is 10.9. The second-order valence-electron chi connectivity index (χ2n) is 3.92. The van der Waals surface area contributed by atoms with Crippen LogP contribution in [0.5, 0.6) is 0 Å². The Labute approximate surface area is 98.0 Å². The number of aromatic nitrogens is 1. The summed E-state index contributed by atoms with van der Waals surface area (Å²) in [6.07, 6.45) is 4.08. The molecule has 1 saturated heterocycles. The van der Waals surface area contributed by atoms with Gasteiger partial charge in [0.25, 0.3) is 0 Å². The molecule has 1 fully saturated rings. The number of rotatable bonds is 4. The molecule has 1 N–H and O–H groups in total. The third-order valence-corrected chi connectivity index (χ3v) is 3.54. The average Bonchev–Trinajstić information content (AvgIpc) is 2.49. The van der Waals surface area contributed by atoms with Crippen molar-refractivity contribution in [1.29, 1.82) is 0 Å². The molecular weight excluding hydrogens is 232 g/mol. The van der Waals surface area contributed by atoms with E-state index in [1.54, 1.807) is 12.3 Å². The fourth-order valence-electron chi connectivity index (χ4n) is 1.85. The van der Waals surface area contributed by atoms with Gasteiger partial charge in [-0.1, -0.05) is 17.7 Å². The van der Waals surface area contributed by atoms with Crippen LogP contribution in [0.3, 0.4) is 0 Å². The Hall–Kier alpha value is -0.420. The Morgan fingerprint density at radius 2 is 2.47 bits per heavy atom. The van der Waals surface area contributed by atoms with Crippen LogP contribution in [-0.4, -0.2) is 33.7 Å². The molecule has 2 heterocycles. The Bertz CT molecular complexity index is 360. The Morgan fingerprint density at radius 1 is 1.73 bits per heavy atom. The minimum atomic E-state index is -0.567. The molecule has 0 spiro atoms. The standard InChI is InChI=1S/C10H13ClN2OS/c1-2-3-10(14)6-13(7-10)5-9-12-4-8(11)15-9/h2,4,14H,1,3,5-7H2. The number of β-amino-alcohol motifs (C(OH)–C–C–N with tert-alkyl or cyclic N) is 1. The minimum Gasteiger partial charge on any atom is -0.387 e. The highest BCUT2D eigenvalue weighted by Gasteiger charge is 2.39. The Balaban J connectivity index is 1.83. The first-order valence-electron chi connectivity index (χ1n) is 4.77. The van der Waals surface area contributed by atoms with Crippen molar-refractivity contribution in [3.63, 3.8) is 0 Å². The summed E-state index contributed by atoms with van der Waals surface area (Å²) >= 11 is 7.28. The van der Waals surface area contributed by atoms with Crippen molar-refractivity contribution < 1.29 is 5.11 Å². The number of hydrogen-bond acceptors (Lipinski definition) is 4. The largest absolute Gasteiger partial charge is 0.387 e. The lowest BCUT2D eigenvalue weighted by atomic mass is 9.91. The van der Waals surface area contributed by atoms with Crippen LogP contribution in [0.25, 0.3) is 0 Å². The van der Waals surface area contributed by atoms with Crippen LogP contribution in [0, 0.1) is 0 Å². The van der Waals surface area contributed by atoms with Gasteiger partial charge in [-0.25, -0.2) is 4.98 Å². The molecule has 0 amide bonds. The second-order valence-corrected chi connectivity index (χ2v) is 5.67. The zero-order valence-electron chi connectivity index (χ0n) is 8.32. The number of halogens is 1. The highest BCUT2D eigenvalue weighted by molar-refractivity contribution is 7.15. The molecule has 1 aliphatic heterocycles. The maximum absolute atomic E-state index is 9.91. The third-order valence-electron chi connectivity index (χ3n) is 2.44. The first-order valence-corrected chi connectivity index (χ1v) is 5.97. The average molecular weight is 245 g/mol. The number of nitrogens with zero attached hydrogens (tertiary/aromatic N) is 2. The summed E-state index contributed by atoms with van der Waals surface area (Å²) in [5.41, 5.74) is -0.567. The third kappa shape index (κ3) is 2.58. The quantitative estimate of drug-likeness (QED) is 0.823. The van der Waals surface area contributed by atoms with E-state index in [1.165, 1.54) is 11.3 Å². The topological polar surface area (TPSA) is 36.4 Å². The van der Waals surface area contributed by atoms with Crippen LogP contribution in [0.1, 0.15) is 11.4 Å². The van der Waals surface area contributed by atoms with E-state index in [0.29, 0.717) is 23.8 Å². The lowest BCUT2D eigenvalue weighted by molar-refractivity contribution is -0.0985. The van der Waals surface area contributed by atoms with Crippen molar-refractivity contribution in [3.05, 3.63) is 28.2 Å². The molecule has 1 aliphatic rings. The molecule has 1 aromatic rings. The van der Waals surface area contributed by atoms with E-state index in [9.17, 15) is 5.11 Å². The molecule has 0 saturated carbocycles. The summed E-state index contributed by atoms with van der Waals surface area (Å²) in [6.45, 7) is 5.79. The first kappa shape index (κ1) is 11.1.